The van der Waals surface area contributed by atoms with Crippen molar-refractivity contribution < 1.29 is 4.42 Å². The van der Waals surface area contributed by atoms with Crippen molar-refractivity contribution in [3.63, 3.8) is 0 Å². The van der Waals surface area contributed by atoms with E-state index in [1.165, 1.54) is 35.2 Å². The number of nitrogens with zero attached hydrogens (tertiary/aromatic N) is 3. The van der Waals surface area contributed by atoms with E-state index in [1.54, 1.807) is 0 Å². The van der Waals surface area contributed by atoms with Crippen LogP contribution < -0.4 is 0 Å². The zero-order valence-electron chi connectivity index (χ0n) is 18.8. The Labute approximate surface area is 189 Å². The van der Waals surface area contributed by atoms with Crippen LogP contribution in [0.25, 0.3) is 33.9 Å². The molecule has 0 atom stereocenters. The summed E-state index contributed by atoms with van der Waals surface area (Å²) in [6.07, 6.45) is 4.05. The summed E-state index contributed by atoms with van der Waals surface area (Å²) in [4.78, 5) is 2.50. The predicted octanol–water partition coefficient (Wildman–Crippen LogP) is 6.68. The monoisotopic (exact) mass is 423 g/mol. The molecule has 162 valence electrons. The molecule has 1 aliphatic heterocycles. The molecule has 0 radical (unpaired) electrons. The van der Waals surface area contributed by atoms with E-state index in [4.69, 9.17) is 4.42 Å². The second-order valence-corrected chi connectivity index (χ2v) is 8.85. The number of aromatic nitrogens is 2. The Morgan fingerprint density at radius 2 is 1.72 bits per heavy atom. The second-order valence-electron chi connectivity index (χ2n) is 8.85. The van der Waals surface area contributed by atoms with Crippen LogP contribution in [0.4, 0.5) is 0 Å². The van der Waals surface area contributed by atoms with E-state index in [0.717, 1.165) is 36.3 Å². The Balaban J connectivity index is 1.48. The summed E-state index contributed by atoms with van der Waals surface area (Å²) >= 11 is 0. The maximum absolute atomic E-state index is 6.13. The van der Waals surface area contributed by atoms with Gasteiger partial charge >= 0.3 is 0 Å². The van der Waals surface area contributed by atoms with Crippen LogP contribution in [-0.4, -0.2) is 28.2 Å². The van der Waals surface area contributed by atoms with Gasteiger partial charge in [-0.3, -0.25) is 4.90 Å². The molecule has 2 heterocycles. The highest BCUT2D eigenvalue weighted by Crippen LogP contribution is 2.32. The average molecular weight is 424 g/mol. The lowest BCUT2D eigenvalue weighted by molar-refractivity contribution is 0.105. The van der Waals surface area contributed by atoms with Crippen LogP contribution in [0.3, 0.4) is 0 Å². The van der Waals surface area contributed by atoms with E-state index in [0.29, 0.717) is 11.8 Å². The van der Waals surface area contributed by atoms with Crippen molar-refractivity contribution in [1.82, 2.24) is 15.1 Å². The van der Waals surface area contributed by atoms with Crippen LogP contribution in [0.2, 0.25) is 0 Å². The van der Waals surface area contributed by atoms with Gasteiger partial charge in [-0.15, -0.1) is 10.2 Å². The Hall–Kier alpha value is -3.24. The normalized spacial score (nSPS) is 15.2. The van der Waals surface area contributed by atoms with Crippen molar-refractivity contribution in [2.24, 2.45) is 5.92 Å². The van der Waals surface area contributed by atoms with Gasteiger partial charge in [0.05, 0.1) is 0 Å². The highest BCUT2D eigenvalue weighted by molar-refractivity contribution is 5.97. The molecule has 4 aromatic rings. The molecule has 4 nitrogen and oxygen atoms in total. The molecule has 1 aromatic heterocycles. The van der Waals surface area contributed by atoms with Crippen molar-refractivity contribution in [3.8, 4) is 11.5 Å². The molecular formula is C28H29N3O. The molecule has 0 spiro atoms. The average Bonchev–Trinajstić information content (AvgIpc) is 3.27. The zero-order valence-corrected chi connectivity index (χ0v) is 18.8. The molecule has 1 aliphatic rings. The summed E-state index contributed by atoms with van der Waals surface area (Å²) in [6, 6.07) is 23.3. The number of likely N-dealkylation sites (tertiary alicyclic amines) is 1. The first kappa shape index (κ1) is 20.7. The molecule has 3 aromatic carbocycles. The predicted molar refractivity (Wildman–Crippen MR) is 131 cm³/mol. The molecule has 1 saturated heterocycles. The standard InChI is InChI=1S/C28H29N3O/c1-3-9-22(21-10-5-4-6-11-21)16-27-29-30-28(32-27)26-15-14-23(19-31-17-20(2)18-31)24-12-7-8-13-25(24)26/h4-8,10-16,20H,3,9,17-19H2,1-2H3/b22-16+. The maximum atomic E-state index is 6.13. The third-order valence-corrected chi connectivity index (χ3v) is 6.18. The van der Waals surface area contributed by atoms with Crippen LogP contribution >= 0.6 is 0 Å². The molecule has 0 unspecified atom stereocenters. The van der Waals surface area contributed by atoms with Gasteiger partial charge in [-0.25, -0.2) is 0 Å². The lowest BCUT2D eigenvalue weighted by atomic mass is 9.96. The van der Waals surface area contributed by atoms with Crippen LogP contribution in [-0.2, 0) is 6.54 Å². The van der Waals surface area contributed by atoms with Crippen molar-refractivity contribution in [3.05, 3.63) is 83.7 Å². The number of hydrogen-bond acceptors (Lipinski definition) is 4. The molecule has 32 heavy (non-hydrogen) atoms. The van der Waals surface area contributed by atoms with Gasteiger partial charge in [0, 0.05) is 31.3 Å². The first-order valence-corrected chi connectivity index (χ1v) is 11.5. The van der Waals surface area contributed by atoms with E-state index < -0.39 is 0 Å². The number of rotatable bonds is 7. The highest BCUT2D eigenvalue weighted by Gasteiger charge is 2.23. The molecule has 4 heteroatoms. The van der Waals surface area contributed by atoms with Crippen LogP contribution in [0.1, 0.15) is 43.7 Å². The van der Waals surface area contributed by atoms with E-state index in [2.05, 4.69) is 89.6 Å². The van der Waals surface area contributed by atoms with Crippen molar-refractivity contribution >= 4 is 22.4 Å². The molecule has 0 amide bonds. The van der Waals surface area contributed by atoms with Crippen LogP contribution in [0.5, 0.6) is 0 Å². The Bertz CT molecular complexity index is 1240. The molecule has 5 rings (SSSR count). The molecule has 0 saturated carbocycles. The molecular weight excluding hydrogens is 394 g/mol. The third kappa shape index (κ3) is 4.23. The highest BCUT2D eigenvalue weighted by atomic mass is 16.4. The molecule has 0 aliphatic carbocycles. The summed E-state index contributed by atoms with van der Waals surface area (Å²) in [5.74, 6) is 1.93. The Kier molecular flexibility index (Phi) is 5.87. The van der Waals surface area contributed by atoms with Crippen molar-refractivity contribution in [1.29, 1.82) is 0 Å². The Morgan fingerprint density at radius 3 is 2.47 bits per heavy atom. The number of allylic oxidation sites excluding steroid dienone is 1. The first-order chi connectivity index (χ1) is 15.7. The summed E-state index contributed by atoms with van der Waals surface area (Å²) in [5.41, 5.74) is 4.76. The van der Waals surface area contributed by atoms with E-state index >= 15 is 0 Å². The van der Waals surface area contributed by atoms with Crippen LogP contribution in [0.15, 0.2) is 71.1 Å². The van der Waals surface area contributed by atoms with Gasteiger partial charge in [0.2, 0.25) is 11.8 Å². The Morgan fingerprint density at radius 1 is 0.969 bits per heavy atom. The molecule has 1 fully saturated rings. The van der Waals surface area contributed by atoms with Gasteiger partial charge < -0.3 is 4.42 Å². The largest absolute Gasteiger partial charge is 0.417 e. The van der Waals surface area contributed by atoms with Gasteiger partial charge in [0.1, 0.15) is 0 Å². The summed E-state index contributed by atoms with van der Waals surface area (Å²) in [7, 11) is 0. The lowest BCUT2D eigenvalue weighted by Gasteiger charge is -2.37. The number of hydrogen-bond donors (Lipinski definition) is 0. The van der Waals surface area contributed by atoms with Crippen LogP contribution in [0, 0.1) is 5.92 Å². The summed E-state index contributed by atoms with van der Waals surface area (Å²) < 4.78 is 6.13. The minimum Gasteiger partial charge on any atom is -0.417 e. The zero-order chi connectivity index (χ0) is 21.9. The van der Waals surface area contributed by atoms with Crippen molar-refractivity contribution in [2.75, 3.05) is 13.1 Å². The topological polar surface area (TPSA) is 42.2 Å². The molecule has 0 bridgehead atoms. The fourth-order valence-corrected chi connectivity index (χ4v) is 4.66. The second kappa shape index (κ2) is 9.09. The van der Waals surface area contributed by atoms with Gasteiger partial charge in [-0.2, -0.15) is 0 Å². The fourth-order valence-electron chi connectivity index (χ4n) is 4.66. The van der Waals surface area contributed by atoms with E-state index in [9.17, 15) is 0 Å². The third-order valence-electron chi connectivity index (χ3n) is 6.18. The van der Waals surface area contributed by atoms with Gasteiger partial charge in [0.15, 0.2) is 0 Å². The van der Waals surface area contributed by atoms with E-state index in [1.807, 2.05) is 12.1 Å². The molecule has 0 N–H and O–H groups in total. The van der Waals surface area contributed by atoms with Crippen molar-refractivity contribution in [2.45, 2.75) is 33.2 Å². The first-order valence-electron chi connectivity index (χ1n) is 11.5. The van der Waals surface area contributed by atoms with Gasteiger partial charge in [0.25, 0.3) is 0 Å². The quantitative estimate of drug-likeness (QED) is 0.332. The van der Waals surface area contributed by atoms with Gasteiger partial charge in [-0.1, -0.05) is 80.9 Å². The minimum atomic E-state index is 0.551. The smallest absolute Gasteiger partial charge is 0.248 e. The summed E-state index contributed by atoms with van der Waals surface area (Å²) in [5, 5.41) is 11.2. The summed E-state index contributed by atoms with van der Waals surface area (Å²) in [6.45, 7) is 7.84. The SMILES string of the molecule is CCC/C(=C\c1nnc(-c2ccc(CN3CC(C)C3)c3ccccc23)o1)c1ccccc1. The number of benzene rings is 3. The minimum absolute atomic E-state index is 0.551. The fraction of sp³-hybridized carbons (Fsp3) is 0.286. The number of fused-ring (bicyclic) bond motifs is 1. The van der Waals surface area contributed by atoms with Gasteiger partial charge in [-0.05, 0) is 45.9 Å². The maximum Gasteiger partial charge on any atom is 0.248 e. The van der Waals surface area contributed by atoms with E-state index in [-0.39, 0.29) is 0 Å². The lowest BCUT2D eigenvalue weighted by Crippen LogP contribution is -2.44.